The molecule has 0 radical (unpaired) electrons. The van der Waals surface area contributed by atoms with Gasteiger partial charge in [-0.25, -0.2) is 5.43 Å². The molecule has 0 unspecified atom stereocenters. The summed E-state index contributed by atoms with van der Waals surface area (Å²) < 4.78 is 5.81. The van der Waals surface area contributed by atoms with Gasteiger partial charge in [0.2, 0.25) is 0 Å². The van der Waals surface area contributed by atoms with Gasteiger partial charge in [0.05, 0.1) is 11.8 Å². The van der Waals surface area contributed by atoms with Crippen LogP contribution in [0.15, 0.2) is 53.9 Å². The molecule has 1 N–H and O–H groups in total. The van der Waals surface area contributed by atoms with E-state index in [4.69, 9.17) is 4.74 Å². The number of nitrogens with zero attached hydrogens (tertiary/aromatic N) is 2. The summed E-state index contributed by atoms with van der Waals surface area (Å²) in [6, 6.07) is 11.0. The van der Waals surface area contributed by atoms with Crippen molar-refractivity contribution >= 4 is 23.9 Å². The third-order valence-electron chi connectivity index (χ3n) is 3.07. The Kier molecular flexibility index (Phi) is 4.70. The Bertz CT molecular complexity index is 672. The highest BCUT2D eigenvalue weighted by Crippen LogP contribution is 2.24. The predicted molar refractivity (Wildman–Crippen MR) is 87.5 cm³/mol. The van der Waals surface area contributed by atoms with Crippen molar-refractivity contribution in [3.8, 4) is 5.75 Å². The number of hydrogen-bond acceptors (Lipinski definition) is 5. The lowest BCUT2D eigenvalue weighted by molar-refractivity contribution is 0.0955. The lowest BCUT2D eigenvalue weighted by Crippen LogP contribution is -2.31. The summed E-state index contributed by atoms with van der Waals surface area (Å²) in [5.74, 6) is 2.62. The van der Waals surface area contributed by atoms with Crippen molar-refractivity contribution in [3.05, 3.63) is 59.9 Å². The zero-order valence-electron chi connectivity index (χ0n) is 11.8. The monoisotopic (exact) mass is 313 g/mol. The number of rotatable bonds is 5. The van der Waals surface area contributed by atoms with Crippen molar-refractivity contribution < 1.29 is 9.53 Å². The van der Waals surface area contributed by atoms with Crippen LogP contribution in [0.4, 0.5) is 0 Å². The highest BCUT2D eigenvalue weighted by atomic mass is 32.2. The first kappa shape index (κ1) is 14.6. The Morgan fingerprint density at radius 1 is 1.36 bits per heavy atom. The van der Waals surface area contributed by atoms with Gasteiger partial charge in [-0.05, 0) is 29.8 Å². The predicted octanol–water partition coefficient (Wildman–Crippen LogP) is 2.34. The van der Waals surface area contributed by atoms with E-state index < -0.39 is 0 Å². The number of benzene rings is 1. The second kappa shape index (κ2) is 7.09. The molecule has 0 atom stereocenters. The zero-order chi connectivity index (χ0) is 15.2. The Balaban J connectivity index is 1.58. The fourth-order valence-electron chi connectivity index (χ4n) is 1.87. The van der Waals surface area contributed by atoms with Crippen molar-refractivity contribution in [1.29, 1.82) is 0 Å². The van der Waals surface area contributed by atoms with E-state index in [1.165, 1.54) is 6.20 Å². The molecule has 1 aliphatic heterocycles. The van der Waals surface area contributed by atoms with Crippen LogP contribution in [-0.2, 0) is 0 Å². The van der Waals surface area contributed by atoms with Gasteiger partial charge in [0, 0.05) is 23.9 Å². The van der Waals surface area contributed by atoms with Gasteiger partial charge in [-0.3, -0.25) is 9.78 Å². The van der Waals surface area contributed by atoms with Crippen LogP contribution in [-0.4, -0.2) is 34.7 Å². The number of hydrogen-bond donors (Lipinski definition) is 1. The summed E-state index contributed by atoms with van der Waals surface area (Å²) in [5.41, 5.74) is 3.82. The van der Waals surface area contributed by atoms with E-state index in [1.807, 2.05) is 36.0 Å². The second-order valence-electron chi connectivity index (χ2n) is 4.79. The SMILES string of the molecule is O=C(N/N=C\c1cccc(OC2CSC2)c1)c1cccnc1. The number of carbonyl (C=O) groups excluding carboxylic acids is 1. The number of amides is 1. The van der Waals surface area contributed by atoms with E-state index in [0.717, 1.165) is 22.8 Å². The van der Waals surface area contributed by atoms with Crippen molar-refractivity contribution in [2.75, 3.05) is 11.5 Å². The van der Waals surface area contributed by atoms with E-state index in [9.17, 15) is 4.79 Å². The van der Waals surface area contributed by atoms with Gasteiger partial charge < -0.3 is 4.74 Å². The van der Waals surface area contributed by atoms with Crippen LogP contribution < -0.4 is 10.2 Å². The lowest BCUT2D eigenvalue weighted by Gasteiger charge is -2.25. The normalized spacial score (nSPS) is 14.5. The number of ether oxygens (including phenoxy) is 1. The van der Waals surface area contributed by atoms with Gasteiger partial charge in [0.15, 0.2) is 0 Å². The molecule has 0 spiro atoms. The topological polar surface area (TPSA) is 63.6 Å². The van der Waals surface area contributed by atoms with Crippen molar-refractivity contribution in [1.82, 2.24) is 10.4 Å². The molecule has 2 aromatic rings. The number of thioether (sulfide) groups is 1. The Morgan fingerprint density at radius 3 is 3.00 bits per heavy atom. The molecule has 6 heteroatoms. The van der Waals surface area contributed by atoms with Gasteiger partial charge in [-0.1, -0.05) is 12.1 Å². The van der Waals surface area contributed by atoms with Gasteiger partial charge in [0.25, 0.3) is 5.91 Å². The van der Waals surface area contributed by atoms with Crippen LogP contribution >= 0.6 is 11.8 Å². The molecule has 22 heavy (non-hydrogen) atoms. The number of hydrazone groups is 1. The highest BCUT2D eigenvalue weighted by Gasteiger charge is 2.19. The summed E-state index contributed by atoms with van der Waals surface area (Å²) in [4.78, 5) is 15.7. The fraction of sp³-hybridized carbons (Fsp3) is 0.188. The largest absolute Gasteiger partial charge is 0.489 e. The van der Waals surface area contributed by atoms with Gasteiger partial charge in [-0.15, -0.1) is 0 Å². The van der Waals surface area contributed by atoms with E-state index in [1.54, 1.807) is 24.5 Å². The minimum absolute atomic E-state index is 0.289. The summed E-state index contributed by atoms with van der Waals surface area (Å²) in [7, 11) is 0. The quantitative estimate of drug-likeness (QED) is 0.680. The average molecular weight is 313 g/mol. The van der Waals surface area contributed by atoms with Gasteiger partial charge in [0.1, 0.15) is 11.9 Å². The first-order valence-corrected chi connectivity index (χ1v) is 8.04. The van der Waals surface area contributed by atoms with Crippen molar-refractivity contribution in [2.24, 2.45) is 5.10 Å². The van der Waals surface area contributed by atoms with Gasteiger partial charge in [-0.2, -0.15) is 16.9 Å². The van der Waals surface area contributed by atoms with Crippen LogP contribution in [0, 0.1) is 0 Å². The van der Waals surface area contributed by atoms with Gasteiger partial charge >= 0.3 is 0 Å². The van der Waals surface area contributed by atoms with Crippen LogP contribution in [0.5, 0.6) is 5.75 Å². The molecular formula is C16H15N3O2S. The molecular weight excluding hydrogens is 298 g/mol. The minimum atomic E-state index is -0.289. The highest BCUT2D eigenvalue weighted by molar-refractivity contribution is 8.00. The van der Waals surface area contributed by atoms with Crippen molar-refractivity contribution in [3.63, 3.8) is 0 Å². The molecule has 112 valence electrons. The van der Waals surface area contributed by atoms with Crippen LogP contribution in [0.2, 0.25) is 0 Å². The first-order valence-electron chi connectivity index (χ1n) is 6.89. The third kappa shape index (κ3) is 3.85. The molecule has 1 aliphatic rings. The Hall–Kier alpha value is -2.34. The Labute approximate surface area is 132 Å². The molecule has 5 nitrogen and oxygen atoms in total. The molecule has 0 aliphatic carbocycles. The maximum atomic E-state index is 11.8. The molecule has 0 saturated carbocycles. The van der Waals surface area contributed by atoms with Crippen LogP contribution in [0.1, 0.15) is 15.9 Å². The van der Waals surface area contributed by atoms with E-state index in [-0.39, 0.29) is 5.91 Å². The molecule has 2 heterocycles. The molecule has 1 fully saturated rings. The first-order chi connectivity index (χ1) is 10.8. The number of aromatic nitrogens is 1. The van der Waals surface area contributed by atoms with E-state index in [2.05, 4.69) is 15.5 Å². The number of nitrogens with one attached hydrogen (secondary N) is 1. The van der Waals surface area contributed by atoms with Crippen molar-refractivity contribution in [2.45, 2.75) is 6.10 Å². The molecule has 3 rings (SSSR count). The molecule has 0 bridgehead atoms. The number of carbonyl (C=O) groups is 1. The second-order valence-corrected chi connectivity index (χ2v) is 5.87. The summed E-state index contributed by atoms with van der Waals surface area (Å²) in [5, 5.41) is 3.96. The minimum Gasteiger partial charge on any atom is -0.489 e. The zero-order valence-corrected chi connectivity index (χ0v) is 12.6. The van der Waals surface area contributed by atoms with E-state index >= 15 is 0 Å². The maximum absolute atomic E-state index is 11.8. The average Bonchev–Trinajstić information content (AvgIpc) is 2.52. The lowest BCUT2D eigenvalue weighted by atomic mass is 10.2. The summed E-state index contributed by atoms with van der Waals surface area (Å²) in [6.45, 7) is 0. The van der Waals surface area contributed by atoms with Crippen LogP contribution in [0.25, 0.3) is 0 Å². The standard InChI is InChI=1S/C16H15N3O2S/c20-16(13-4-2-6-17-9-13)19-18-8-12-3-1-5-14(7-12)21-15-10-22-11-15/h1-9,15H,10-11H2,(H,19,20)/b18-8-. The molecule has 1 saturated heterocycles. The fourth-order valence-corrected chi connectivity index (χ4v) is 2.43. The molecule has 1 amide bonds. The summed E-state index contributed by atoms with van der Waals surface area (Å²) >= 11 is 1.88. The molecule has 1 aromatic carbocycles. The molecule has 1 aromatic heterocycles. The van der Waals surface area contributed by atoms with Crippen LogP contribution in [0.3, 0.4) is 0 Å². The Morgan fingerprint density at radius 2 is 2.27 bits per heavy atom. The summed E-state index contributed by atoms with van der Waals surface area (Å²) in [6.07, 6.45) is 5.01. The maximum Gasteiger partial charge on any atom is 0.272 e. The third-order valence-corrected chi connectivity index (χ3v) is 4.29. The number of pyridine rings is 1. The smallest absolute Gasteiger partial charge is 0.272 e. The van der Waals surface area contributed by atoms with E-state index in [0.29, 0.717) is 11.7 Å².